The van der Waals surface area contributed by atoms with Gasteiger partial charge in [-0.1, -0.05) is 37.8 Å². The van der Waals surface area contributed by atoms with Crippen LogP contribution in [-0.2, 0) is 21.0 Å². The van der Waals surface area contributed by atoms with E-state index >= 15 is 0 Å². The Morgan fingerprint density at radius 2 is 1.95 bits per heavy atom. The van der Waals surface area contributed by atoms with Crippen LogP contribution in [0.25, 0.3) is 0 Å². The first kappa shape index (κ1) is 22.1. The number of nitrogens with one attached hydrogen (secondary N) is 1. The molecule has 0 amide bonds. The lowest BCUT2D eigenvalue weighted by atomic mass is 10.1. The van der Waals surface area contributed by atoms with Crippen LogP contribution in [-0.4, -0.2) is 25.7 Å². The summed E-state index contributed by atoms with van der Waals surface area (Å²) >= 11 is 0. The Morgan fingerprint density at radius 3 is 2.52 bits per heavy atom. The molecule has 0 saturated carbocycles. The van der Waals surface area contributed by atoms with Crippen LogP contribution in [0.1, 0.15) is 32.3 Å². The Balaban J connectivity index is 0. The van der Waals surface area contributed by atoms with E-state index < -0.39 is 6.04 Å². The number of unbranched alkanes of at least 4 members (excludes halogenated alkanes) is 1. The highest BCUT2D eigenvalue weighted by atomic mass is 35.5. The van der Waals surface area contributed by atoms with E-state index in [2.05, 4.69) is 5.48 Å². The molecule has 0 radical (unpaired) electrons. The summed E-state index contributed by atoms with van der Waals surface area (Å²) in [6.45, 7) is 1.03. The third-order valence-electron chi connectivity index (χ3n) is 2.74. The minimum Gasteiger partial charge on any atom is -0.468 e. The second-order valence-electron chi connectivity index (χ2n) is 4.25. The van der Waals surface area contributed by atoms with Gasteiger partial charge in [0.15, 0.2) is 0 Å². The van der Waals surface area contributed by atoms with Crippen LogP contribution >= 0.6 is 12.4 Å². The van der Waals surface area contributed by atoms with Crippen molar-refractivity contribution in [3.05, 3.63) is 35.9 Å². The summed E-state index contributed by atoms with van der Waals surface area (Å²) in [5, 5.41) is 0. The van der Waals surface area contributed by atoms with Gasteiger partial charge >= 0.3 is 5.97 Å². The van der Waals surface area contributed by atoms with Crippen molar-refractivity contribution in [3.63, 3.8) is 0 Å². The predicted molar refractivity (Wildman–Crippen MR) is 87.1 cm³/mol. The molecule has 5 nitrogen and oxygen atoms in total. The maximum absolute atomic E-state index is 11.6. The zero-order valence-electron chi connectivity index (χ0n) is 11.7. The zero-order valence-corrected chi connectivity index (χ0v) is 12.5. The lowest BCUT2D eigenvalue weighted by Crippen LogP contribution is -2.37. The Morgan fingerprint density at radius 1 is 1.29 bits per heavy atom. The third kappa shape index (κ3) is 9.42. The molecule has 122 valence electrons. The van der Waals surface area contributed by atoms with Gasteiger partial charge in [-0.2, -0.15) is 5.48 Å². The number of ether oxygens (including phenoxy) is 1. The maximum atomic E-state index is 11.6. The second-order valence-corrected chi connectivity index (χ2v) is 4.25. The smallest absolute Gasteiger partial charge is 0.325 e. The molecule has 0 aliphatic carbocycles. The number of carbonyl (C=O) groups is 1. The summed E-state index contributed by atoms with van der Waals surface area (Å²) in [5.41, 5.74) is 9.24. The molecule has 0 aliphatic heterocycles. The van der Waals surface area contributed by atoms with Crippen LogP contribution in [0, 0.1) is 0 Å². The zero-order chi connectivity index (χ0) is 13.9. The summed E-state index contributed by atoms with van der Waals surface area (Å²) in [4.78, 5) is 16.9. The van der Waals surface area contributed by atoms with Crippen molar-refractivity contribution < 1.29 is 14.4 Å². The molecular weight excluding hydrogens is 292 g/mol. The van der Waals surface area contributed by atoms with Gasteiger partial charge in [0.25, 0.3) is 0 Å². The molecule has 3 N–H and O–H groups in total. The molecule has 0 aromatic heterocycles. The molecule has 0 saturated heterocycles. The van der Waals surface area contributed by atoms with Crippen LogP contribution in [0.4, 0.5) is 0 Å². The summed E-state index contributed by atoms with van der Waals surface area (Å²) in [6, 6.07) is 9.31. The van der Waals surface area contributed by atoms with Crippen LogP contribution in [0.15, 0.2) is 30.3 Å². The largest absolute Gasteiger partial charge is 0.468 e. The molecule has 1 rings (SSSR count). The average molecular weight is 319 g/mol. The number of hydrogen-bond donors (Lipinski definition) is 2. The van der Waals surface area contributed by atoms with Gasteiger partial charge in [-0.05, 0) is 31.4 Å². The molecule has 0 aliphatic rings. The first-order valence-corrected chi connectivity index (χ1v) is 6.47. The first-order chi connectivity index (χ1) is 9.27. The maximum Gasteiger partial charge on any atom is 0.325 e. The lowest BCUT2D eigenvalue weighted by Gasteiger charge is -2.16. The van der Waals surface area contributed by atoms with Gasteiger partial charge < -0.3 is 10.5 Å². The predicted octanol–water partition coefficient (Wildman–Crippen LogP) is 2.44. The van der Waals surface area contributed by atoms with E-state index in [9.17, 15) is 4.79 Å². The van der Waals surface area contributed by atoms with Crippen molar-refractivity contribution in [1.82, 2.24) is 5.48 Å². The summed E-state index contributed by atoms with van der Waals surface area (Å²) in [5.74, 6) is -0.315. The Bertz CT molecular complexity index is 363. The third-order valence-corrected chi connectivity index (χ3v) is 2.74. The van der Waals surface area contributed by atoms with E-state index in [-0.39, 0.29) is 25.8 Å². The number of hydrogen-bond acceptors (Lipinski definition) is 5. The van der Waals surface area contributed by atoms with Crippen LogP contribution in [0.2, 0.25) is 0 Å². The number of methoxy groups -OCH3 is 1. The van der Waals surface area contributed by atoms with E-state index in [1.165, 1.54) is 7.11 Å². The standard InChI is InChI=1S/C14H22N2O3.CH4.ClH/c1-18-14(17)13(9-5-6-10-15)16-19-11-12-7-3-2-4-8-12;;/h2-4,7-8,13,16H,5-6,9-11,15H2,1H3;1H4;1H/t13-;;/m0../s1. The van der Waals surface area contributed by atoms with Gasteiger partial charge in [0.1, 0.15) is 6.04 Å². The van der Waals surface area contributed by atoms with E-state index in [4.69, 9.17) is 15.3 Å². The summed E-state index contributed by atoms with van der Waals surface area (Å²) < 4.78 is 4.73. The van der Waals surface area contributed by atoms with E-state index in [1.54, 1.807) is 0 Å². The molecule has 1 aromatic carbocycles. The fourth-order valence-electron chi connectivity index (χ4n) is 1.66. The first-order valence-electron chi connectivity index (χ1n) is 6.47. The highest BCUT2D eigenvalue weighted by Gasteiger charge is 2.18. The number of carbonyl (C=O) groups excluding carboxylic acids is 1. The van der Waals surface area contributed by atoms with Gasteiger partial charge in [-0.25, -0.2) is 0 Å². The van der Waals surface area contributed by atoms with Crippen molar-refractivity contribution >= 4 is 18.4 Å². The van der Waals surface area contributed by atoms with Crippen molar-refractivity contribution in [2.75, 3.05) is 13.7 Å². The van der Waals surface area contributed by atoms with Crippen molar-refractivity contribution in [2.24, 2.45) is 5.73 Å². The molecule has 0 heterocycles. The molecule has 21 heavy (non-hydrogen) atoms. The number of rotatable bonds is 9. The van der Waals surface area contributed by atoms with Gasteiger partial charge in [0.05, 0.1) is 13.7 Å². The average Bonchev–Trinajstić information content (AvgIpc) is 2.46. The van der Waals surface area contributed by atoms with Crippen LogP contribution in [0.5, 0.6) is 0 Å². The number of halogens is 1. The molecule has 0 unspecified atom stereocenters. The molecule has 0 bridgehead atoms. The molecule has 0 fully saturated rings. The molecular formula is C15H27ClN2O3. The van der Waals surface area contributed by atoms with Gasteiger partial charge in [0.2, 0.25) is 0 Å². The van der Waals surface area contributed by atoms with E-state index in [1.807, 2.05) is 30.3 Å². The number of esters is 1. The second kappa shape index (κ2) is 13.8. The summed E-state index contributed by atoms with van der Waals surface area (Å²) in [7, 11) is 1.37. The van der Waals surface area contributed by atoms with Gasteiger partial charge in [-0.3, -0.25) is 9.63 Å². The molecule has 6 heteroatoms. The molecule has 1 atom stereocenters. The Hall–Kier alpha value is -1.14. The Labute approximate surface area is 133 Å². The minimum absolute atomic E-state index is 0. The molecule has 1 aromatic rings. The highest BCUT2D eigenvalue weighted by Crippen LogP contribution is 2.04. The van der Waals surface area contributed by atoms with Crippen LogP contribution < -0.4 is 11.2 Å². The number of benzene rings is 1. The van der Waals surface area contributed by atoms with Gasteiger partial charge in [-0.15, -0.1) is 12.4 Å². The van der Waals surface area contributed by atoms with Crippen molar-refractivity contribution in [3.8, 4) is 0 Å². The van der Waals surface area contributed by atoms with Crippen molar-refractivity contribution in [1.29, 1.82) is 0 Å². The van der Waals surface area contributed by atoms with Gasteiger partial charge in [0, 0.05) is 0 Å². The lowest BCUT2D eigenvalue weighted by molar-refractivity contribution is -0.148. The van der Waals surface area contributed by atoms with Crippen LogP contribution in [0.3, 0.4) is 0 Å². The fraction of sp³-hybridized carbons (Fsp3) is 0.533. The number of hydroxylamine groups is 1. The monoisotopic (exact) mass is 318 g/mol. The normalized spacial score (nSPS) is 11.0. The summed E-state index contributed by atoms with van der Waals surface area (Å²) in [6.07, 6.45) is 2.39. The Kier molecular flexibility index (Phi) is 14.6. The quantitative estimate of drug-likeness (QED) is 0.415. The van der Waals surface area contributed by atoms with Crippen molar-refractivity contribution in [2.45, 2.75) is 39.3 Å². The topological polar surface area (TPSA) is 73.6 Å². The SMILES string of the molecule is C.COC(=O)[C@H](CCCCN)NOCc1ccccc1.Cl. The minimum atomic E-state index is -0.444. The van der Waals surface area contributed by atoms with E-state index in [0.717, 1.165) is 18.4 Å². The number of nitrogens with two attached hydrogens (primary N) is 1. The fourth-order valence-corrected chi connectivity index (χ4v) is 1.66. The van der Waals surface area contributed by atoms with E-state index in [0.29, 0.717) is 19.6 Å². The molecule has 0 spiro atoms. The highest BCUT2D eigenvalue weighted by molar-refractivity contribution is 5.85.